The molecule has 0 radical (unpaired) electrons. The van der Waals surface area contributed by atoms with Gasteiger partial charge in [-0.3, -0.25) is 4.79 Å². The van der Waals surface area contributed by atoms with Crippen LogP contribution in [0.25, 0.3) is 33.1 Å². The molecule has 0 amide bonds. The van der Waals surface area contributed by atoms with Crippen molar-refractivity contribution < 1.29 is 13.9 Å². The lowest BCUT2D eigenvalue weighted by molar-refractivity contribution is 0.297. The fourth-order valence-electron chi connectivity index (χ4n) is 3.34. The molecule has 0 N–H and O–H groups in total. The number of hydrogen-bond acceptors (Lipinski definition) is 4. The maximum absolute atomic E-state index is 12.6. The van der Waals surface area contributed by atoms with Crippen LogP contribution in [0.1, 0.15) is 6.42 Å². The summed E-state index contributed by atoms with van der Waals surface area (Å²) in [5.74, 6) is 1.93. The summed E-state index contributed by atoms with van der Waals surface area (Å²) < 4.78 is 17.6. The summed E-state index contributed by atoms with van der Waals surface area (Å²) in [6.07, 6.45) is 0.848. The molecule has 1 aromatic heterocycles. The highest BCUT2D eigenvalue weighted by atomic mass is 16.5. The van der Waals surface area contributed by atoms with Crippen molar-refractivity contribution in [1.29, 1.82) is 0 Å². The Morgan fingerprint density at radius 2 is 1.62 bits per heavy atom. The van der Waals surface area contributed by atoms with Crippen LogP contribution < -0.4 is 14.9 Å². The summed E-state index contributed by atoms with van der Waals surface area (Å²) in [4.78, 5) is 12.6. The topological polar surface area (TPSA) is 48.7 Å². The molecule has 0 unspecified atom stereocenters. The highest BCUT2D eigenvalue weighted by Gasteiger charge is 2.14. The van der Waals surface area contributed by atoms with E-state index >= 15 is 0 Å². The molecular formula is C22H16O4. The molecule has 4 aromatic rings. The van der Waals surface area contributed by atoms with E-state index in [1.807, 2.05) is 54.6 Å². The molecule has 0 aliphatic carbocycles. The molecule has 26 heavy (non-hydrogen) atoms. The second-order valence-corrected chi connectivity index (χ2v) is 6.35. The predicted molar refractivity (Wildman–Crippen MR) is 101 cm³/mol. The van der Waals surface area contributed by atoms with Gasteiger partial charge in [0, 0.05) is 23.4 Å². The molecule has 0 spiro atoms. The van der Waals surface area contributed by atoms with Gasteiger partial charge in [0.2, 0.25) is 0 Å². The zero-order valence-electron chi connectivity index (χ0n) is 14.0. The Balaban J connectivity index is 1.73. The van der Waals surface area contributed by atoms with E-state index in [9.17, 15) is 4.79 Å². The van der Waals surface area contributed by atoms with Crippen LogP contribution in [0.3, 0.4) is 0 Å². The third-order valence-electron chi connectivity index (χ3n) is 4.65. The Labute approximate surface area is 149 Å². The van der Waals surface area contributed by atoms with Crippen LogP contribution in [0.4, 0.5) is 0 Å². The van der Waals surface area contributed by atoms with Crippen molar-refractivity contribution >= 4 is 21.7 Å². The van der Waals surface area contributed by atoms with Gasteiger partial charge in [0.1, 0.15) is 11.3 Å². The Morgan fingerprint density at radius 3 is 2.54 bits per heavy atom. The molecule has 4 nitrogen and oxygen atoms in total. The van der Waals surface area contributed by atoms with E-state index in [-0.39, 0.29) is 5.43 Å². The Hall–Kier alpha value is -3.27. The first-order valence-corrected chi connectivity index (χ1v) is 8.65. The standard InChI is InChI=1S/C22H16O4/c23-18-13-20(15-7-9-19-21(12-15)25-11-3-10-24-19)26-22-16-5-2-1-4-14(16)6-8-17(18)22/h1-2,4-9,12-13H,3,10-11H2. The van der Waals surface area contributed by atoms with Crippen molar-refractivity contribution in [3.05, 3.63) is 70.9 Å². The number of rotatable bonds is 1. The van der Waals surface area contributed by atoms with Crippen LogP contribution in [0.2, 0.25) is 0 Å². The van der Waals surface area contributed by atoms with Crippen LogP contribution in [-0.2, 0) is 0 Å². The second-order valence-electron chi connectivity index (χ2n) is 6.35. The monoisotopic (exact) mass is 344 g/mol. The lowest BCUT2D eigenvalue weighted by Gasteiger charge is -2.10. The highest BCUT2D eigenvalue weighted by Crippen LogP contribution is 2.35. The fraction of sp³-hybridized carbons (Fsp3) is 0.136. The molecule has 2 heterocycles. The second kappa shape index (κ2) is 5.92. The Morgan fingerprint density at radius 1 is 0.769 bits per heavy atom. The van der Waals surface area contributed by atoms with Crippen molar-refractivity contribution in [2.75, 3.05) is 13.2 Å². The molecule has 0 bridgehead atoms. The lowest BCUT2D eigenvalue weighted by Crippen LogP contribution is -2.01. The molecule has 1 aliphatic rings. The molecule has 128 valence electrons. The van der Waals surface area contributed by atoms with Crippen LogP contribution in [-0.4, -0.2) is 13.2 Å². The van der Waals surface area contributed by atoms with E-state index in [2.05, 4.69) is 0 Å². The number of hydrogen-bond donors (Lipinski definition) is 0. The zero-order chi connectivity index (χ0) is 17.5. The van der Waals surface area contributed by atoms with Gasteiger partial charge in [0.15, 0.2) is 16.9 Å². The average Bonchev–Trinajstić information content (AvgIpc) is 2.92. The molecule has 0 saturated carbocycles. The van der Waals surface area contributed by atoms with Crippen molar-refractivity contribution in [3.8, 4) is 22.8 Å². The third kappa shape index (κ3) is 2.42. The first-order chi connectivity index (χ1) is 12.8. The van der Waals surface area contributed by atoms with Crippen LogP contribution in [0.15, 0.2) is 69.9 Å². The quantitative estimate of drug-likeness (QED) is 0.467. The normalized spacial score (nSPS) is 13.7. The first-order valence-electron chi connectivity index (χ1n) is 8.65. The lowest BCUT2D eigenvalue weighted by atomic mass is 10.1. The van der Waals surface area contributed by atoms with Crippen LogP contribution >= 0.6 is 0 Å². The summed E-state index contributed by atoms with van der Waals surface area (Å²) in [6.45, 7) is 1.26. The van der Waals surface area contributed by atoms with E-state index in [1.54, 1.807) is 0 Å². The van der Waals surface area contributed by atoms with Gasteiger partial charge in [-0.05, 0) is 29.7 Å². The van der Waals surface area contributed by atoms with E-state index in [1.165, 1.54) is 6.07 Å². The van der Waals surface area contributed by atoms with E-state index in [0.717, 1.165) is 28.5 Å². The molecule has 0 atom stereocenters. The molecule has 4 heteroatoms. The van der Waals surface area contributed by atoms with Crippen molar-refractivity contribution in [1.82, 2.24) is 0 Å². The molecule has 3 aromatic carbocycles. The van der Waals surface area contributed by atoms with Gasteiger partial charge in [0.05, 0.1) is 18.6 Å². The van der Waals surface area contributed by atoms with Gasteiger partial charge in [0.25, 0.3) is 0 Å². The minimum absolute atomic E-state index is 0.0564. The van der Waals surface area contributed by atoms with Gasteiger partial charge < -0.3 is 13.9 Å². The van der Waals surface area contributed by atoms with Crippen molar-refractivity contribution in [2.24, 2.45) is 0 Å². The maximum Gasteiger partial charge on any atom is 0.193 e. The number of ether oxygens (including phenoxy) is 2. The van der Waals surface area contributed by atoms with Gasteiger partial charge >= 0.3 is 0 Å². The van der Waals surface area contributed by atoms with Crippen molar-refractivity contribution in [3.63, 3.8) is 0 Å². The minimum Gasteiger partial charge on any atom is -0.490 e. The summed E-state index contributed by atoms with van der Waals surface area (Å²) in [5.41, 5.74) is 1.35. The summed E-state index contributed by atoms with van der Waals surface area (Å²) in [5, 5.41) is 2.55. The third-order valence-corrected chi connectivity index (χ3v) is 4.65. The molecule has 1 aliphatic heterocycles. The fourth-order valence-corrected chi connectivity index (χ4v) is 3.34. The average molecular weight is 344 g/mol. The Bertz CT molecular complexity index is 1190. The van der Waals surface area contributed by atoms with E-state index in [4.69, 9.17) is 13.9 Å². The molecule has 0 fully saturated rings. The van der Waals surface area contributed by atoms with Gasteiger partial charge in [-0.1, -0.05) is 30.3 Å². The number of fused-ring (bicyclic) bond motifs is 4. The van der Waals surface area contributed by atoms with E-state index < -0.39 is 0 Å². The SMILES string of the molecule is O=c1cc(-c2ccc3c(c2)OCCCO3)oc2c1ccc1ccccc12. The minimum atomic E-state index is -0.0564. The number of benzene rings is 3. The van der Waals surface area contributed by atoms with Gasteiger partial charge in [-0.2, -0.15) is 0 Å². The molecule has 0 saturated heterocycles. The Kier molecular flexibility index (Phi) is 3.42. The first kappa shape index (κ1) is 15.0. The highest BCUT2D eigenvalue weighted by molar-refractivity contribution is 6.04. The van der Waals surface area contributed by atoms with Gasteiger partial charge in [-0.15, -0.1) is 0 Å². The van der Waals surface area contributed by atoms with Gasteiger partial charge in [-0.25, -0.2) is 0 Å². The van der Waals surface area contributed by atoms with Crippen LogP contribution in [0.5, 0.6) is 11.5 Å². The molecular weight excluding hydrogens is 328 g/mol. The van der Waals surface area contributed by atoms with Crippen molar-refractivity contribution in [2.45, 2.75) is 6.42 Å². The summed E-state index contributed by atoms with van der Waals surface area (Å²) >= 11 is 0. The predicted octanol–water partition coefficient (Wildman–Crippen LogP) is 4.77. The molecule has 5 rings (SSSR count). The van der Waals surface area contributed by atoms with E-state index in [0.29, 0.717) is 35.7 Å². The van der Waals surface area contributed by atoms with Crippen LogP contribution in [0, 0.1) is 0 Å². The largest absolute Gasteiger partial charge is 0.490 e. The summed E-state index contributed by atoms with van der Waals surface area (Å²) in [6, 6.07) is 18.8. The maximum atomic E-state index is 12.6. The summed E-state index contributed by atoms with van der Waals surface area (Å²) in [7, 11) is 0. The zero-order valence-corrected chi connectivity index (χ0v) is 14.0. The smallest absolute Gasteiger partial charge is 0.193 e.